The Hall–Kier alpha value is -1.29. The normalized spacial score (nSPS) is 16.1. The SMILES string of the molecule is CCC(C)C(C)(O)CNC(=O)c1cc(C)c(C)o1. The molecule has 18 heavy (non-hydrogen) atoms. The molecule has 0 bridgehead atoms. The summed E-state index contributed by atoms with van der Waals surface area (Å²) in [5.74, 6) is 0.881. The minimum Gasteiger partial charge on any atom is -0.456 e. The molecule has 1 amide bonds. The van der Waals surface area contributed by atoms with Crippen LogP contribution < -0.4 is 5.32 Å². The standard InChI is InChI=1S/C14H23NO3/c1-6-10(3)14(5,17)8-15-13(16)12-7-9(2)11(4)18-12/h7,10,17H,6,8H2,1-5H3,(H,15,16). The third-order valence-electron chi connectivity index (χ3n) is 3.67. The predicted molar refractivity (Wildman–Crippen MR) is 70.6 cm³/mol. The second-order valence-electron chi connectivity index (χ2n) is 5.20. The molecule has 0 aliphatic rings. The molecule has 0 aliphatic heterocycles. The molecule has 0 aliphatic carbocycles. The van der Waals surface area contributed by atoms with Gasteiger partial charge >= 0.3 is 0 Å². The van der Waals surface area contributed by atoms with Crippen molar-refractivity contribution in [2.75, 3.05) is 6.54 Å². The van der Waals surface area contributed by atoms with Crippen LogP contribution in [0.25, 0.3) is 0 Å². The molecule has 1 heterocycles. The second-order valence-corrected chi connectivity index (χ2v) is 5.20. The number of aliphatic hydroxyl groups is 1. The third kappa shape index (κ3) is 3.35. The Morgan fingerprint density at radius 3 is 2.61 bits per heavy atom. The summed E-state index contributed by atoms with van der Waals surface area (Å²) >= 11 is 0. The zero-order valence-electron chi connectivity index (χ0n) is 11.8. The van der Waals surface area contributed by atoms with Crippen LogP contribution >= 0.6 is 0 Å². The Bertz CT molecular complexity index is 401. The van der Waals surface area contributed by atoms with Gasteiger partial charge < -0.3 is 14.8 Å². The van der Waals surface area contributed by atoms with E-state index >= 15 is 0 Å². The molecule has 2 N–H and O–H groups in total. The Balaban J connectivity index is 2.61. The van der Waals surface area contributed by atoms with Crippen molar-refractivity contribution >= 4 is 5.91 Å². The van der Waals surface area contributed by atoms with E-state index < -0.39 is 5.60 Å². The van der Waals surface area contributed by atoms with E-state index in [1.807, 2.05) is 27.7 Å². The van der Waals surface area contributed by atoms with Gasteiger partial charge in [0.25, 0.3) is 5.91 Å². The lowest BCUT2D eigenvalue weighted by molar-refractivity contribution is 0.00568. The van der Waals surface area contributed by atoms with Gasteiger partial charge in [0.2, 0.25) is 0 Å². The quantitative estimate of drug-likeness (QED) is 0.847. The number of nitrogens with one attached hydrogen (secondary N) is 1. The molecule has 0 aromatic carbocycles. The van der Waals surface area contributed by atoms with Crippen LogP contribution in [0.15, 0.2) is 10.5 Å². The summed E-state index contributed by atoms with van der Waals surface area (Å²) in [4.78, 5) is 11.9. The molecular weight excluding hydrogens is 230 g/mol. The number of hydrogen-bond acceptors (Lipinski definition) is 3. The van der Waals surface area contributed by atoms with Crippen LogP contribution in [0.3, 0.4) is 0 Å². The number of carbonyl (C=O) groups is 1. The summed E-state index contributed by atoms with van der Waals surface area (Å²) in [6.45, 7) is 9.65. The maximum Gasteiger partial charge on any atom is 0.287 e. The first kappa shape index (κ1) is 14.8. The van der Waals surface area contributed by atoms with Gasteiger partial charge in [-0.2, -0.15) is 0 Å². The minimum atomic E-state index is -0.902. The number of aryl methyl sites for hydroxylation is 2. The predicted octanol–water partition coefficient (Wildman–Crippen LogP) is 2.42. The average molecular weight is 253 g/mol. The van der Waals surface area contributed by atoms with E-state index in [1.54, 1.807) is 13.0 Å². The molecule has 2 atom stereocenters. The number of carbonyl (C=O) groups excluding carboxylic acids is 1. The molecule has 0 spiro atoms. The Morgan fingerprint density at radius 2 is 2.17 bits per heavy atom. The average Bonchev–Trinajstić information content (AvgIpc) is 2.65. The lowest BCUT2D eigenvalue weighted by atomic mass is 9.88. The Morgan fingerprint density at radius 1 is 1.56 bits per heavy atom. The fraction of sp³-hybridized carbons (Fsp3) is 0.643. The van der Waals surface area contributed by atoms with E-state index in [2.05, 4.69) is 5.32 Å². The number of amides is 1. The van der Waals surface area contributed by atoms with Crippen molar-refractivity contribution < 1.29 is 14.3 Å². The van der Waals surface area contributed by atoms with E-state index in [1.165, 1.54) is 0 Å². The summed E-state index contributed by atoms with van der Waals surface area (Å²) in [6, 6.07) is 1.71. The van der Waals surface area contributed by atoms with Crippen molar-refractivity contribution in [3.8, 4) is 0 Å². The highest BCUT2D eigenvalue weighted by Gasteiger charge is 2.28. The molecule has 1 rings (SSSR count). The van der Waals surface area contributed by atoms with E-state index in [-0.39, 0.29) is 18.4 Å². The fourth-order valence-corrected chi connectivity index (χ4v) is 1.65. The highest BCUT2D eigenvalue weighted by Crippen LogP contribution is 2.19. The molecule has 1 aromatic rings. The number of hydrogen-bond donors (Lipinski definition) is 2. The van der Waals surface area contributed by atoms with Gasteiger partial charge in [0.1, 0.15) is 5.76 Å². The number of rotatable bonds is 5. The lowest BCUT2D eigenvalue weighted by Gasteiger charge is -2.29. The first-order chi connectivity index (χ1) is 8.27. The van der Waals surface area contributed by atoms with Gasteiger partial charge in [-0.05, 0) is 38.3 Å². The molecule has 102 valence electrons. The molecule has 4 nitrogen and oxygen atoms in total. The van der Waals surface area contributed by atoms with Gasteiger partial charge in [0.15, 0.2) is 5.76 Å². The first-order valence-electron chi connectivity index (χ1n) is 6.35. The van der Waals surface area contributed by atoms with E-state index in [9.17, 15) is 9.90 Å². The van der Waals surface area contributed by atoms with Crippen LogP contribution in [0, 0.1) is 19.8 Å². The number of furan rings is 1. The highest BCUT2D eigenvalue weighted by atomic mass is 16.3. The van der Waals surface area contributed by atoms with E-state index in [0.29, 0.717) is 5.76 Å². The van der Waals surface area contributed by atoms with Gasteiger partial charge in [0.05, 0.1) is 5.60 Å². The van der Waals surface area contributed by atoms with Crippen LogP contribution in [0.1, 0.15) is 49.1 Å². The van der Waals surface area contributed by atoms with Crippen molar-refractivity contribution in [2.24, 2.45) is 5.92 Å². The fourth-order valence-electron chi connectivity index (χ4n) is 1.65. The topological polar surface area (TPSA) is 62.5 Å². The molecule has 0 fully saturated rings. The van der Waals surface area contributed by atoms with Gasteiger partial charge in [-0.25, -0.2) is 0 Å². The van der Waals surface area contributed by atoms with E-state index in [0.717, 1.165) is 17.7 Å². The monoisotopic (exact) mass is 253 g/mol. The summed E-state index contributed by atoms with van der Waals surface area (Å²) in [5.41, 5.74) is 0.0509. The molecule has 0 radical (unpaired) electrons. The van der Waals surface area contributed by atoms with Gasteiger partial charge in [0, 0.05) is 6.54 Å². The van der Waals surface area contributed by atoms with Crippen molar-refractivity contribution in [3.05, 3.63) is 23.2 Å². The van der Waals surface area contributed by atoms with Crippen LogP contribution in [0.5, 0.6) is 0 Å². The van der Waals surface area contributed by atoms with Crippen LogP contribution in [0.4, 0.5) is 0 Å². The van der Waals surface area contributed by atoms with Crippen LogP contribution in [-0.2, 0) is 0 Å². The van der Waals surface area contributed by atoms with Crippen molar-refractivity contribution in [2.45, 2.75) is 46.6 Å². The lowest BCUT2D eigenvalue weighted by Crippen LogP contribution is -2.45. The summed E-state index contributed by atoms with van der Waals surface area (Å²) in [6.07, 6.45) is 0.863. The minimum absolute atomic E-state index is 0.123. The van der Waals surface area contributed by atoms with Crippen LogP contribution in [0.2, 0.25) is 0 Å². The summed E-state index contributed by atoms with van der Waals surface area (Å²) < 4.78 is 5.33. The van der Waals surface area contributed by atoms with Crippen molar-refractivity contribution in [1.29, 1.82) is 0 Å². The highest BCUT2D eigenvalue weighted by molar-refractivity contribution is 5.91. The summed E-state index contributed by atoms with van der Waals surface area (Å²) in [7, 11) is 0. The van der Waals surface area contributed by atoms with E-state index in [4.69, 9.17) is 4.42 Å². The van der Waals surface area contributed by atoms with Crippen molar-refractivity contribution in [3.63, 3.8) is 0 Å². The third-order valence-corrected chi connectivity index (χ3v) is 3.67. The van der Waals surface area contributed by atoms with Crippen LogP contribution in [-0.4, -0.2) is 23.2 Å². The first-order valence-corrected chi connectivity index (χ1v) is 6.35. The van der Waals surface area contributed by atoms with Gasteiger partial charge in [-0.3, -0.25) is 4.79 Å². The maximum absolute atomic E-state index is 11.9. The Labute approximate surface area is 108 Å². The zero-order chi connectivity index (χ0) is 13.9. The molecule has 0 saturated carbocycles. The summed E-state index contributed by atoms with van der Waals surface area (Å²) in [5, 5.41) is 12.9. The molecule has 4 heteroatoms. The molecular formula is C14H23NO3. The molecule has 2 unspecified atom stereocenters. The van der Waals surface area contributed by atoms with Gasteiger partial charge in [-0.15, -0.1) is 0 Å². The molecule has 0 saturated heterocycles. The Kier molecular flexibility index (Phi) is 4.57. The maximum atomic E-state index is 11.9. The smallest absolute Gasteiger partial charge is 0.287 e. The van der Waals surface area contributed by atoms with Crippen molar-refractivity contribution in [1.82, 2.24) is 5.32 Å². The molecule has 1 aromatic heterocycles. The second kappa shape index (κ2) is 5.57. The zero-order valence-corrected chi connectivity index (χ0v) is 11.8. The van der Waals surface area contributed by atoms with Gasteiger partial charge in [-0.1, -0.05) is 20.3 Å². The largest absolute Gasteiger partial charge is 0.456 e.